The van der Waals surface area contributed by atoms with Crippen LogP contribution in [0.5, 0.6) is 11.5 Å². The molecule has 1 aliphatic rings. The maximum Gasteiger partial charge on any atom is 0.317 e. The second kappa shape index (κ2) is 9.52. The third kappa shape index (κ3) is 4.50. The molecule has 3 rings (SSSR count). The molecule has 1 aliphatic heterocycles. The molecule has 0 bridgehead atoms. The first-order chi connectivity index (χ1) is 14.5. The molecule has 0 saturated heterocycles. The summed E-state index contributed by atoms with van der Waals surface area (Å²) in [6.07, 6.45) is 0.704. The average Bonchev–Trinajstić information content (AvgIpc) is 2.76. The Morgan fingerprint density at radius 1 is 1.07 bits per heavy atom. The van der Waals surface area contributed by atoms with Crippen molar-refractivity contribution in [2.45, 2.75) is 26.3 Å². The van der Waals surface area contributed by atoms with Crippen LogP contribution in [0.4, 0.5) is 4.79 Å². The highest BCUT2D eigenvalue weighted by Crippen LogP contribution is 2.38. The molecule has 2 N–H and O–H groups in total. The maximum atomic E-state index is 12.7. The van der Waals surface area contributed by atoms with Crippen molar-refractivity contribution in [1.82, 2.24) is 15.5 Å². The minimum Gasteiger partial charge on any atom is -0.493 e. The first-order valence-electron chi connectivity index (χ1n) is 10.1. The van der Waals surface area contributed by atoms with Crippen LogP contribution in [-0.2, 0) is 6.42 Å². The van der Waals surface area contributed by atoms with Crippen molar-refractivity contribution in [2.75, 3.05) is 33.9 Å². The van der Waals surface area contributed by atoms with Crippen molar-refractivity contribution in [2.24, 2.45) is 0 Å². The van der Waals surface area contributed by atoms with E-state index in [1.807, 2.05) is 38.1 Å². The topological polar surface area (TPSA) is 79.9 Å². The van der Waals surface area contributed by atoms with Crippen molar-refractivity contribution in [1.29, 1.82) is 0 Å². The van der Waals surface area contributed by atoms with Gasteiger partial charge in [0.25, 0.3) is 5.91 Å². The Kier molecular flexibility index (Phi) is 6.82. The number of carbonyl (C=O) groups is 2. The van der Waals surface area contributed by atoms with Crippen molar-refractivity contribution in [3.63, 3.8) is 0 Å². The SMILES string of the molecule is CCNC(=O)N1CCc2cc(OC)c(OC)cc2[C@H]1CNC(=O)c1ccc(C)cc1. The minimum absolute atomic E-state index is 0.146. The zero-order chi connectivity index (χ0) is 21.7. The molecule has 2 aromatic carbocycles. The van der Waals surface area contributed by atoms with E-state index in [1.165, 1.54) is 0 Å². The monoisotopic (exact) mass is 411 g/mol. The number of benzene rings is 2. The number of fused-ring (bicyclic) bond motifs is 1. The number of hydrogen-bond donors (Lipinski definition) is 2. The van der Waals surface area contributed by atoms with Gasteiger partial charge in [-0.1, -0.05) is 17.7 Å². The molecule has 0 saturated carbocycles. The van der Waals surface area contributed by atoms with Crippen LogP contribution >= 0.6 is 0 Å². The summed E-state index contributed by atoms with van der Waals surface area (Å²) in [7, 11) is 3.19. The van der Waals surface area contributed by atoms with Gasteiger partial charge in [0.05, 0.1) is 20.3 Å². The summed E-state index contributed by atoms with van der Waals surface area (Å²) in [5, 5.41) is 5.86. The van der Waals surface area contributed by atoms with E-state index in [0.29, 0.717) is 43.1 Å². The smallest absolute Gasteiger partial charge is 0.317 e. The number of nitrogens with zero attached hydrogens (tertiary/aromatic N) is 1. The number of ether oxygens (including phenoxy) is 2. The molecule has 160 valence electrons. The Labute approximate surface area is 177 Å². The van der Waals surface area contributed by atoms with Gasteiger partial charge in [-0.15, -0.1) is 0 Å². The zero-order valence-corrected chi connectivity index (χ0v) is 18.0. The van der Waals surface area contributed by atoms with Crippen molar-refractivity contribution >= 4 is 11.9 Å². The average molecular weight is 412 g/mol. The van der Waals surface area contributed by atoms with E-state index in [2.05, 4.69) is 10.6 Å². The lowest BCUT2D eigenvalue weighted by Crippen LogP contribution is -2.49. The molecule has 0 unspecified atom stereocenters. The molecule has 7 heteroatoms. The van der Waals surface area contributed by atoms with Crippen molar-refractivity contribution < 1.29 is 19.1 Å². The fraction of sp³-hybridized carbons (Fsp3) is 0.391. The molecule has 2 aromatic rings. The Morgan fingerprint density at radius 2 is 1.73 bits per heavy atom. The Balaban J connectivity index is 1.89. The fourth-order valence-corrected chi connectivity index (χ4v) is 3.74. The van der Waals surface area contributed by atoms with Gasteiger partial charge in [-0.05, 0) is 55.7 Å². The lowest BCUT2D eigenvalue weighted by molar-refractivity contribution is 0.0934. The van der Waals surface area contributed by atoms with Gasteiger partial charge in [0.15, 0.2) is 11.5 Å². The predicted molar refractivity (Wildman–Crippen MR) is 115 cm³/mol. The molecule has 0 aromatic heterocycles. The van der Waals surface area contributed by atoms with E-state index < -0.39 is 0 Å². The third-order valence-electron chi connectivity index (χ3n) is 5.36. The molecule has 3 amide bonds. The third-order valence-corrected chi connectivity index (χ3v) is 5.36. The standard InChI is InChI=1S/C23H29N3O4/c1-5-24-23(28)26-11-10-17-12-20(29-3)21(30-4)13-18(17)19(26)14-25-22(27)16-8-6-15(2)7-9-16/h6-9,12-13,19H,5,10-11,14H2,1-4H3,(H,24,28)(H,25,27)/t19-/m1/s1. The summed E-state index contributed by atoms with van der Waals surface area (Å²) in [6.45, 7) is 5.26. The first-order valence-corrected chi connectivity index (χ1v) is 10.1. The van der Waals surface area contributed by atoms with E-state index >= 15 is 0 Å². The summed E-state index contributed by atoms with van der Waals surface area (Å²) >= 11 is 0. The van der Waals surface area contributed by atoms with Crippen LogP contribution in [0.15, 0.2) is 36.4 Å². The molecule has 30 heavy (non-hydrogen) atoms. The summed E-state index contributed by atoms with van der Waals surface area (Å²) in [5.41, 5.74) is 3.72. The second-order valence-electron chi connectivity index (χ2n) is 7.28. The normalized spacial score (nSPS) is 15.2. The highest BCUT2D eigenvalue weighted by molar-refractivity contribution is 5.94. The van der Waals surface area contributed by atoms with Crippen LogP contribution in [0.3, 0.4) is 0 Å². The molecule has 1 atom stereocenters. The van der Waals surface area contributed by atoms with Gasteiger partial charge in [0.1, 0.15) is 0 Å². The summed E-state index contributed by atoms with van der Waals surface area (Å²) in [6, 6.07) is 10.8. The van der Waals surface area contributed by atoms with E-state index in [-0.39, 0.29) is 18.0 Å². The highest BCUT2D eigenvalue weighted by Gasteiger charge is 2.32. The van der Waals surface area contributed by atoms with Crippen LogP contribution in [0.2, 0.25) is 0 Å². The van der Waals surface area contributed by atoms with Crippen LogP contribution in [-0.4, -0.2) is 50.7 Å². The summed E-state index contributed by atoms with van der Waals surface area (Å²) in [4.78, 5) is 27.1. The first kappa shape index (κ1) is 21.5. The number of hydrogen-bond acceptors (Lipinski definition) is 4. The Morgan fingerprint density at radius 3 is 2.37 bits per heavy atom. The molecule has 0 fully saturated rings. The van der Waals surface area contributed by atoms with Crippen LogP contribution in [0, 0.1) is 6.92 Å². The van der Waals surface area contributed by atoms with E-state index in [4.69, 9.17) is 9.47 Å². The van der Waals surface area contributed by atoms with Gasteiger partial charge in [0, 0.05) is 25.2 Å². The highest BCUT2D eigenvalue weighted by atomic mass is 16.5. The molecule has 0 spiro atoms. The quantitative estimate of drug-likeness (QED) is 0.766. The van der Waals surface area contributed by atoms with Crippen molar-refractivity contribution in [3.8, 4) is 11.5 Å². The van der Waals surface area contributed by atoms with Gasteiger partial charge < -0.3 is 25.0 Å². The van der Waals surface area contributed by atoms with Gasteiger partial charge >= 0.3 is 6.03 Å². The van der Waals surface area contributed by atoms with Gasteiger partial charge in [-0.3, -0.25) is 4.79 Å². The minimum atomic E-state index is -0.311. The zero-order valence-electron chi connectivity index (χ0n) is 18.0. The number of nitrogens with one attached hydrogen (secondary N) is 2. The number of methoxy groups -OCH3 is 2. The summed E-state index contributed by atoms with van der Waals surface area (Å²) in [5.74, 6) is 1.09. The van der Waals surface area contributed by atoms with E-state index in [9.17, 15) is 9.59 Å². The molecular formula is C23H29N3O4. The van der Waals surface area contributed by atoms with Gasteiger partial charge in [-0.2, -0.15) is 0 Å². The summed E-state index contributed by atoms with van der Waals surface area (Å²) < 4.78 is 10.9. The molecule has 0 radical (unpaired) electrons. The second-order valence-corrected chi connectivity index (χ2v) is 7.28. The van der Waals surface area contributed by atoms with E-state index in [1.54, 1.807) is 31.3 Å². The lowest BCUT2D eigenvalue weighted by Gasteiger charge is -2.37. The molecular weight excluding hydrogens is 382 g/mol. The van der Waals surface area contributed by atoms with Crippen LogP contribution in [0.1, 0.15) is 40.0 Å². The Hall–Kier alpha value is -3.22. The number of aryl methyl sites for hydroxylation is 1. The lowest BCUT2D eigenvalue weighted by atomic mass is 9.91. The number of carbonyl (C=O) groups excluding carboxylic acids is 2. The number of amides is 3. The van der Waals surface area contributed by atoms with Crippen LogP contribution in [0.25, 0.3) is 0 Å². The fourth-order valence-electron chi connectivity index (χ4n) is 3.74. The molecule has 7 nitrogen and oxygen atoms in total. The molecule has 1 heterocycles. The molecule has 0 aliphatic carbocycles. The Bertz CT molecular complexity index is 911. The van der Waals surface area contributed by atoms with Crippen LogP contribution < -0.4 is 20.1 Å². The van der Waals surface area contributed by atoms with Crippen molar-refractivity contribution in [3.05, 3.63) is 58.7 Å². The van der Waals surface area contributed by atoms with E-state index in [0.717, 1.165) is 16.7 Å². The van der Waals surface area contributed by atoms with Gasteiger partial charge in [0.2, 0.25) is 0 Å². The number of urea groups is 1. The number of rotatable bonds is 6. The predicted octanol–water partition coefficient (Wildman–Crippen LogP) is 3.07. The largest absolute Gasteiger partial charge is 0.493 e. The maximum absolute atomic E-state index is 12.7. The van der Waals surface area contributed by atoms with Gasteiger partial charge in [-0.25, -0.2) is 4.79 Å².